The first-order valence-electron chi connectivity index (χ1n) is 8.51. The molecule has 0 aliphatic carbocycles. The molecule has 0 radical (unpaired) electrons. The number of hydrogen-bond acceptors (Lipinski definition) is 4. The van der Waals surface area contributed by atoms with E-state index < -0.39 is 0 Å². The lowest BCUT2D eigenvalue weighted by molar-refractivity contribution is 0.174. The first kappa shape index (κ1) is 14.5. The van der Waals surface area contributed by atoms with Crippen LogP contribution in [0.3, 0.4) is 0 Å². The molecule has 5 heteroatoms. The van der Waals surface area contributed by atoms with Gasteiger partial charge in [0.25, 0.3) is 0 Å². The van der Waals surface area contributed by atoms with E-state index >= 15 is 0 Å². The van der Waals surface area contributed by atoms with E-state index in [1.54, 1.807) is 0 Å². The highest BCUT2D eigenvalue weighted by atomic mass is 16.6. The molecule has 2 N–H and O–H groups in total. The fourth-order valence-electron chi connectivity index (χ4n) is 3.81. The van der Waals surface area contributed by atoms with Crippen LogP contribution in [0.2, 0.25) is 0 Å². The number of aryl methyl sites for hydroxylation is 2. The molecule has 126 valence electrons. The van der Waals surface area contributed by atoms with Crippen molar-refractivity contribution in [2.24, 2.45) is 12.1 Å². The van der Waals surface area contributed by atoms with Crippen LogP contribution in [0.5, 0.6) is 0 Å². The van der Waals surface area contributed by atoms with E-state index in [4.69, 9.17) is 15.6 Å². The maximum atomic E-state index is 6.00. The third-order valence-electron chi connectivity index (χ3n) is 5.10. The van der Waals surface area contributed by atoms with E-state index in [1.807, 2.05) is 29.4 Å². The second-order valence-corrected chi connectivity index (χ2v) is 6.91. The van der Waals surface area contributed by atoms with Crippen LogP contribution < -0.4 is 5.73 Å². The lowest BCUT2D eigenvalue weighted by Gasteiger charge is -2.16. The van der Waals surface area contributed by atoms with Crippen LogP contribution in [0.4, 0.5) is 5.69 Å². The Hall–Kier alpha value is -2.79. The molecular formula is C20H20N4O. The van der Waals surface area contributed by atoms with Gasteiger partial charge in [-0.1, -0.05) is 24.3 Å². The maximum Gasteiger partial charge on any atom is 0.178 e. The number of rotatable bonds is 2. The predicted octanol–water partition coefficient (Wildman–Crippen LogP) is 3.32. The molecule has 3 heterocycles. The Bertz CT molecular complexity index is 1020. The largest absolute Gasteiger partial charge is 0.399 e. The van der Waals surface area contributed by atoms with Crippen molar-refractivity contribution < 1.29 is 4.74 Å². The zero-order chi connectivity index (χ0) is 17.1. The van der Waals surface area contributed by atoms with E-state index in [-0.39, 0.29) is 12.3 Å². The first-order chi connectivity index (χ1) is 12.1. The summed E-state index contributed by atoms with van der Waals surface area (Å²) in [7, 11) is 2.11. The molecule has 1 aromatic heterocycles. The van der Waals surface area contributed by atoms with Crippen LogP contribution in [-0.2, 0) is 18.3 Å². The molecule has 0 bridgehead atoms. The molecule has 2 aromatic carbocycles. The summed E-state index contributed by atoms with van der Waals surface area (Å²) in [4.78, 5) is 0. The number of nitrogen functional groups attached to an aromatic ring is 1. The Labute approximate surface area is 146 Å². The van der Waals surface area contributed by atoms with Gasteiger partial charge in [-0.2, -0.15) is 5.10 Å². The number of ether oxygens (including phenoxy) is 1. The molecule has 1 saturated heterocycles. The Morgan fingerprint density at radius 1 is 1.20 bits per heavy atom. The van der Waals surface area contributed by atoms with Crippen molar-refractivity contribution in [2.45, 2.75) is 25.8 Å². The normalized spacial score (nSPS) is 21.1. The predicted molar refractivity (Wildman–Crippen MR) is 99.3 cm³/mol. The van der Waals surface area contributed by atoms with Crippen LogP contribution >= 0.6 is 0 Å². The number of hydrazone groups is 1. The molecule has 5 rings (SSSR count). The van der Waals surface area contributed by atoms with Crippen LogP contribution in [-0.4, -0.2) is 22.0 Å². The van der Waals surface area contributed by atoms with Gasteiger partial charge >= 0.3 is 0 Å². The zero-order valence-electron chi connectivity index (χ0n) is 14.3. The van der Waals surface area contributed by atoms with Gasteiger partial charge in [0, 0.05) is 29.2 Å². The van der Waals surface area contributed by atoms with Gasteiger partial charge < -0.3 is 15.0 Å². The van der Waals surface area contributed by atoms with Crippen molar-refractivity contribution in [2.75, 3.05) is 5.73 Å². The standard InChI is InChI=1S/C20H20N4O/c1-12-6-7-15-16-10-22-24(11-13-4-3-5-14(21)9-13)20-19(25-20)18(16)23(2)17(15)8-12/h3-10,19-20H,11,21H2,1-2H3. The Balaban J connectivity index is 1.55. The fourth-order valence-corrected chi connectivity index (χ4v) is 3.81. The van der Waals surface area contributed by atoms with Gasteiger partial charge in [-0.25, -0.2) is 0 Å². The molecular weight excluding hydrogens is 312 g/mol. The van der Waals surface area contributed by atoms with Crippen molar-refractivity contribution in [3.63, 3.8) is 0 Å². The Morgan fingerprint density at radius 2 is 2.08 bits per heavy atom. The minimum absolute atomic E-state index is 0.0111. The third kappa shape index (κ3) is 2.23. The van der Waals surface area contributed by atoms with Crippen LogP contribution in [0, 0.1) is 6.92 Å². The molecule has 25 heavy (non-hydrogen) atoms. The molecule has 0 saturated carbocycles. The number of epoxide rings is 1. The van der Waals surface area contributed by atoms with Crippen molar-refractivity contribution in [1.29, 1.82) is 0 Å². The van der Waals surface area contributed by atoms with Gasteiger partial charge in [0.15, 0.2) is 6.23 Å². The fraction of sp³-hybridized carbons (Fsp3) is 0.250. The number of nitrogens with two attached hydrogens (primary N) is 1. The summed E-state index contributed by atoms with van der Waals surface area (Å²) >= 11 is 0. The molecule has 5 nitrogen and oxygen atoms in total. The number of fused-ring (bicyclic) bond motifs is 5. The number of anilines is 1. The van der Waals surface area contributed by atoms with Gasteiger partial charge in [-0.05, 0) is 36.2 Å². The van der Waals surface area contributed by atoms with E-state index in [0.29, 0.717) is 6.54 Å². The number of nitrogens with zero attached hydrogens (tertiary/aromatic N) is 3. The quantitative estimate of drug-likeness (QED) is 0.578. The highest BCUT2D eigenvalue weighted by molar-refractivity contribution is 6.01. The lowest BCUT2D eigenvalue weighted by Crippen LogP contribution is -2.20. The molecule has 0 spiro atoms. The second-order valence-electron chi connectivity index (χ2n) is 6.91. The minimum atomic E-state index is -0.0111. The van der Waals surface area contributed by atoms with E-state index in [0.717, 1.165) is 11.3 Å². The third-order valence-corrected chi connectivity index (χ3v) is 5.10. The van der Waals surface area contributed by atoms with Gasteiger partial charge in [0.05, 0.1) is 18.5 Å². The summed E-state index contributed by atoms with van der Waals surface area (Å²) in [6.45, 7) is 2.81. The van der Waals surface area contributed by atoms with Gasteiger partial charge in [-0.3, -0.25) is 5.01 Å². The number of benzene rings is 2. The van der Waals surface area contributed by atoms with Crippen LogP contribution in [0.1, 0.15) is 28.5 Å². The van der Waals surface area contributed by atoms with Crippen molar-refractivity contribution in [1.82, 2.24) is 9.58 Å². The molecule has 0 amide bonds. The second kappa shape index (κ2) is 5.10. The minimum Gasteiger partial charge on any atom is -0.399 e. The van der Waals surface area contributed by atoms with Crippen molar-refractivity contribution in [3.8, 4) is 0 Å². The molecule has 2 aliphatic rings. The topological polar surface area (TPSA) is 59.1 Å². The van der Waals surface area contributed by atoms with E-state index in [2.05, 4.69) is 42.8 Å². The monoisotopic (exact) mass is 332 g/mol. The highest BCUT2D eigenvalue weighted by Crippen LogP contribution is 2.46. The average Bonchev–Trinajstić information content (AvgIpc) is 3.33. The van der Waals surface area contributed by atoms with E-state index in [9.17, 15) is 0 Å². The SMILES string of the molecule is Cc1ccc2c3c(n(C)c2c1)C1OC1N(Cc1cccc(N)c1)N=C3. The maximum absolute atomic E-state index is 6.00. The van der Waals surface area contributed by atoms with E-state index in [1.165, 1.54) is 27.7 Å². The molecule has 2 unspecified atom stereocenters. The van der Waals surface area contributed by atoms with Crippen LogP contribution in [0.25, 0.3) is 10.9 Å². The highest BCUT2D eigenvalue weighted by Gasteiger charge is 2.49. The van der Waals surface area contributed by atoms with Crippen LogP contribution in [0.15, 0.2) is 47.6 Å². The number of hydrogen-bond donors (Lipinski definition) is 1. The molecule has 2 atom stereocenters. The van der Waals surface area contributed by atoms with Gasteiger partial charge in [0.2, 0.25) is 0 Å². The summed E-state index contributed by atoms with van der Waals surface area (Å²) in [6.07, 6.45) is 2.04. The van der Waals surface area contributed by atoms with Crippen molar-refractivity contribution in [3.05, 3.63) is 64.8 Å². The molecule has 1 fully saturated rings. The summed E-state index contributed by atoms with van der Waals surface area (Å²) in [5.74, 6) is 0. The summed E-state index contributed by atoms with van der Waals surface area (Å²) in [6, 6.07) is 14.5. The zero-order valence-corrected chi connectivity index (χ0v) is 14.3. The Kier molecular flexibility index (Phi) is 2.97. The Morgan fingerprint density at radius 3 is 2.92 bits per heavy atom. The lowest BCUT2D eigenvalue weighted by atomic mass is 10.1. The summed E-state index contributed by atoms with van der Waals surface area (Å²) < 4.78 is 8.25. The smallest absolute Gasteiger partial charge is 0.178 e. The number of aromatic nitrogens is 1. The summed E-state index contributed by atoms with van der Waals surface area (Å²) in [5.41, 5.74) is 12.7. The first-order valence-corrected chi connectivity index (χ1v) is 8.51. The molecule has 3 aromatic rings. The van der Waals surface area contributed by atoms with Crippen molar-refractivity contribution >= 4 is 22.8 Å². The average molecular weight is 332 g/mol. The van der Waals surface area contributed by atoms with Gasteiger partial charge in [-0.15, -0.1) is 0 Å². The summed E-state index contributed by atoms with van der Waals surface area (Å²) in [5, 5.41) is 7.97. The molecule has 2 aliphatic heterocycles. The van der Waals surface area contributed by atoms with Gasteiger partial charge in [0.1, 0.15) is 6.10 Å².